The van der Waals surface area contributed by atoms with Crippen LogP contribution in [0.2, 0.25) is 0 Å². The summed E-state index contributed by atoms with van der Waals surface area (Å²) in [6, 6.07) is 7.49. The van der Waals surface area contributed by atoms with Crippen molar-refractivity contribution in [3.8, 4) is 5.82 Å². The standard InChI is InChI=1S/C16H17BrN6OS/c1-10-7-11(2)23(22-10)15-4-3-14(20-21-15)18-5-6-19-16(24)13-8-12(17)9-25-13/h3-4,7-9H,5-6H2,1-2H3,(H,18,20)(H,19,24). The van der Waals surface area contributed by atoms with Crippen LogP contribution >= 0.6 is 27.3 Å². The zero-order valence-electron chi connectivity index (χ0n) is 13.8. The first-order chi connectivity index (χ1) is 12.0. The molecule has 3 heterocycles. The van der Waals surface area contributed by atoms with Crippen LogP contribution in [0.15, 0.2) is 34.1 Å². The first-order valence-electron chi connectivity index (χ1n) is 7.66. The maximum absolute atomic E-state index is 11.9. The molecule has 0 spiro atoms. The van der Waals surface area contributed by atoms with Crippen molar-refractivity contribution < 1.29 is 4.79 Å². The average Bonchev–Trinajstić information content (AvgIpc) is 3.17. The number of aromatic nitrogens is 4. The molecule has 2 N–H and O–H groups in total. The van der Waals surface area contributed by atoms with Gasteiger partial charge in [0.15, 0.2) is 5.82 Å². The molecule has 0 bridgehead atoms. The van der Waals surface area contributed by atoms with Crippen LogP contribution in [0, 0.1) is 13.8 Å². The number of rotatable bonds is 6. The summed E-state index contributed by atoms with van der Waals surface area (Å²) in [4.78, 5) is 12.6. The molecule has 130 valence electrons. The third-order valence-corrected chi connectivity index (χ3v) is 5.07. The third kappa shape index (κ3) is 4.43. The van der Waals surface area contributed by atoms with Gasteiger partial charge < -0.3 is 10.6 Å². The van der Waals surface area contributed by atoms with Crippen molar-refractivity contribution in [3.05, 3.63) is 50.4 Å². The number of nitrogens with zero attached hydrogens (tertiary/aromatic N) is 4. The Balaban J connectivity index is 1.49. The number of thiophene rings is 1. The van der Waals surface area contributed by atoms with E-state index in [0.717, 1.165) is 15.9 Å². The van der Waals surface area contributed by atoms with Crippen molar-refractivity contribution in [1.82, 2.24) is 25.3 Å². The molecule has 0 aliphatic heterocycles. The highest BCUT2D eigenvalue weighted by Crippen LogP contribution is 2.19. The fourth-order valence-electron chi connectivity index (χ4n) is 2.28. The molecule has 0 aliphatic carbocycles. The van der Waals surface area contributed by atoms with Crippen LogP contribution in [0.4, 0.5) is 5.82 Å². The summed E-state index contributed by atoms with van der Waals surface area (Å²) in [5.74, 6) is 1.24. The lowest BCUT2D eigenvalue weighted by molar-refractivity contribution is 0.0959. The number of hydrogen-bond donors (Lipinski definition) is 2. The Morgan fingerprint density at radius 3 is 2.68 bits per heavy atom. The average molecular weight is 421 g/mol. The molecule has 0 radical (unpaired) electrons. The van der Waals surface area contributed by atoms with Crippen molar-refractivity contribution >= 4 is 39.0 Å². The first kappa shape index (κ1) is 17.6. The molecule has 0 atom stereocenters. The monoisotopic (exact) mass is 420 g/mol. The number of anilines is 1. The summed E-state index contributed by atoms with van der Waals surface area (Å²) in [5.41, 5.74) is 1.95. The van der Waals surface area contributed by atoms with Crippen LogP contribution in [0.5, 0.6) is 0 Å². The second kappa shape index (κ2) is 7.75. The summed E-state index contributed by atoms with van der Waals surface area (Å²) in [7, 11) is 0. The molecule has 3 aromatic heterocycles. The number of halogens is 1. The summed E-state index contributed by atoms with van der Waals surface area (Å²) >= 11 is 4.74. The van der Waals surface area contributed by atoms with Crippen molar-refractivity contribution in [2.75, 3.05) is 18.4 Å². The molecule has 3 rings (SSSR count). The number of hydrogen-bond acceptors (Lipinski definition) is 6. The van der Waals surface area contributed by atoms with Crippen LogP contribution in [0.3, 0.4) is 0 Å². The molecule has 0 saturated carbocycles. The van der Waals surface area contributed by atoms with Crippen LogP contribution < -0.4 is 10.6 Å². The van der Waals surface area contributed by atoms with E-state index in [0.29, 0.717) is 29.6 Å². The van der Waals surface area contributed by atoms with Crippen LogP contribution in [-0.4, -0.2) is 39.0 Å². The Labute approximate surface area is 157 Å². The predicted molar refractivity (Wildman–Crippen MR) is 101 cm³/mol. The minimum atomic E-state index is -0.0801. The number of nitrogens with one attached hydrogen (secondary N) is 2. The molecule has 0 aliphatic rings. The fourth-order valence-corrected chi connectivity index (χ4v) is 3.62. The van der Waals surface area contributed by atoms with E-state index in [1.54, 1.807) is 10.7 Å². The number of carbonyl (C=O) groups is 1. The zero-order chi connectivity index (χ0) is 17.8. The summed E-state index contributed by atoms with van der Waals surface area (Å²) in [6.07, 6.45) is 0. The van der Waals surface area contributed by atoms with E-state index >= 15 is 0 Å². The SMILES string of the molecule is Cc1cc(C)n(-c2ccc(NCCNC(=O)c3cc(Br)cs3)nn2)n1. The van der Waals surface area contributed by atoms with Crippen molar-refractivity contribution in [1.29, 1.82) is 0 Å². The van der Waals surface area contributed by atoms with Gasteiger partial charge in [-0.05, 0) is 54.0 Å². The van der Waals surface area contributed by atoms with Gasteiger partial charge in [-0.1, -0.05) is 0 Å². The molecular formula is C16H17BrN6OS. The first-order valence-corrected chi connectivity index (χ1v) is 9.33. The highest BCUT2D eigenvalue weighted by atomic mass is 79.9. The second-order valence-corrected chi connectivity index (χ2v) is 7.25. The van der Waals surface area contributed by atoms with Crippen molar-refractivity contribution in [2.24, 2.45) is 0 Å². The molecule has 1 amide bonds. The van der Waals surface area contributed by atoms with Crippen molar-refractivity contribution in [2.45, 2.75) is 13.8 Å². The molecule has 0 unspecified atom stereocenters. The normalized spacial score (nSPS) is 10.7. The second-order valence-electron chi connectivity index (χ2n) is 5.43. The van der Waals surface area contributed by atoms with E-state index in [-0.39, 0.29) is 5.91 Å². The van der Waals surface area contributed by atoms with E-state index in [1.807, 2.05) is 37.4 Å². The Kier molecular flexibility index (Phi) is 5.44. The minimum Gasteiger partial charge on any atom is -0.367 e. The van der Waals surface area contributed by atoms with E-state index in [2.05, 4.69) is 41.9 Å². The van der Waals surface area contributed by atoms with E-state index in [1.165, 1.54) is 11.3 Å². The summed E-state index contributed by atoms with van der Waals surface area (Å²) in [5, 5.41) is 20.6. The van der Waals surface area contributed by atoms with Gasteiger partial charge in [-0.25, -0.2) is 4.68 Å². The smallest absolute Gasteiger partial charge is 0.261 e. The van der Waals surface area contributed by atoms with Gasteiger partial charge in [0.25, 0.3) is 5.91 Å². The Morgan fingerprint density at radius 2 is 2.08 bits per heavy atom. The zero-order valence-corrected chi connectivity index (χ0v) is 16.2. The molecule has 25 heavy (non-hydrogen) atoms. The number of carbonyl (C=O) groups excluding carboxylic acids is 1. The Morgan fingerprint density at radius 1 is 1.24 bits per heavy atom. The van der Waals surface area contributed by atoms with E-state index < -0.39 is 0 Å². The molecule has 0 aromatic carbocycles. The summed E-state index contributed by atoms with van der Waals surface area (Å²) < 4.78 is 2.67. The van der Waals surface area contributed by atoms with Crippen LogP contribution in [0.1, 0.15) is 21.1 Å². The van der Waals surface area contributed by atoms with Gasteiger partial charge in [0.1, 0.15) is 5.82 Å². The predicted octanol–water partition coefficient (Wildman–Crippen LogP) is 2.95. The number of aryl methyl sites for hydroxylation is 2. The lowest BCUT2D eigenvalue weighted by Crippen LogP contribution is -2.28. The van der Waals surface area contributed by atoms with Gasteiger partial charge in [-0.2, -0.15) is 5.10 Å². The summed E-state index contributed by atoms with van der Waals surface area (Å²) in [6.45, 7) is 4.97. The molecule has 0 saturated heterocycles. The highest BCUT2D eigenvalue weighted by molar-refractivity contribution is 9.10. The molecule has 7 nitrogen and oxygen atoms in total. The molecule has 9 heteroatoms. The lowest BCUT2D eigenvalue weighted by Gasteiger charge is -2.07. The quantitative estimate of drug-likeness (QED) is 0.598. The Hall–Kier alpha value is -2.26. The molecule has 0 fully saturated rings. The molecule has 3 aromatic rings. The van der Waals surface area contributed by atoms with Gasteiger partial charge in [-0.15, -0.1) is 21.5 Å². The van der Waals surface area contributed by atoms with E-state index in [9.17, 15) is 4.79 Å². The van der Waals surface area contributed by atoms with Gasteiger partial charge in [0.2, 0.25) is 0 Å². The topological polar surface area (TPSA) is 84.7 Å². The van der Waals surface area contributed by atoms with Gasteiger partial charge in [-0.3, -0.25) is 4.79 Å². The minimum absolute atomic E-state index is 0.0801. The Bertz CT molecular complexity index is 873. The third-order valence-electron chi connectivity index (χ3n) is 3.38. The maximum atomic E-state index is 11.9. The largest absolute Gasteiger partial charge is 0.367 e. The van der Waals surface area contributed by atoms with Crippen LogP contribution in [0.25, 0.3) is 5.82 Å². The van der Waals surface area contributed by atoms with Gasteiger partial charge >= 0.3 is 0 Å². The van der Waals surface area contributed by atoms with Gasteiger partial charge in [0.05, 0.1) is 10.6 Å². The van der Waals surface area contributed by atoms with Crippen molar-refractivity contribution in [3.63, 3.8) is 0 Å². The number of amides is 1. The van der Waals surface area contributed by atoms with Crippen LogP contribution in [-0.2, 0) is 0 Å². The van der Waals surface area contributed by atoms with E-state index in [4.69, 9.17) is 0 Å². The molecular weight excluding hydrogens is 404 g/mol. The fraction of sp³-hybridized carbons (Fsp3) is 0.250. The lowest BCUT2D eigenvalue weighted by atomic mass is 10.4. The van der Waals surface area contributed by atoms with Gasteiger partial charge in [0, 0.05) is 28.6 Å². The highest BCUT2D eigenvalue weighted by Gasteiger charge is 2.08. The maximum Gasteiger partial charge on any atom is 0.261 e.